The Kier molecular flexibility index (Phi) is 51.7. The van der Waals surface area contributed by atoms with Gasteiger partial charge in [-0.15, -0.1) is 11.6 Å². The van der Waals surface area contributed by atoms with Crippen molar-refractivity contribution < 1.29 is 182 Å². The number of carboxylic acid groups (broad SMARTS) is 4. The predicted octanol–water partition coefficient (Wildman–Crippen LogP) is -1.78. The number of nitrogen functional groups attached to an aromatic ring is 1. The van der Waals surface area contributed by atoms with E-state index < -0.39 is 297 Å². The Morgan fingerprint density at radius 2 is 1.23 bits per heavy atom. The summed E-state index contributed by atoms with van der Waals surface area (Å²) in [5.74, 6) is -24.4. The smallest absolute Gasteiger partial charge is 0.495 e. The number of hydrogen-bond acceptors (Lipinski definition) is 41. The largest absolute Gasteiger partial charge is 0.508 e. The zero-order chi connectivity index (χ0) is 109. The molecule has 146 heavy (non-hydrogen) atoms. The third-order valence-corrected chi connectivity index (χ3v) is 25.9. The van der Waals surface area contributed by atoms with E-state index in [1.165, 1.54) is 77.4 Å². The Balaban J connectivity index is 0.000000514. The molecule has 50 nitrogen and oxygen atoms in total. The van der Waals surface area contributed by atoms with Crippen LogP contribution in [0.3, 0.4) is 0 Å². The molecule has 5 aromatic rings. The first-order valence-electron chi connectivity index (χ1n) is 45.5. The van der Waals surface area contributed by atoms with Gasteiger partial charge in [0.2, 0.25) is 35.5 Å². The molecular formula is C92H124Cl2N12O38S2. The third-order valence-electron chi connectivity index (χ3n) is 22.7. The molecule has 6 amide bonds. The second-order valence-electron chi connectivity index (χ2n) is 34.9. The lowest BCUT2D eigenvalue weighted by molar-refractivity contribution is -0.180. The van der Waals surface area contributed by atoms with Crippen LogP contribution < -0.4 is 53.2 Å². The van der Waals surface area contributed by atoms with Gasteiger partial charge in [-0.3, -0.25) is 67.3 Å². The van der Waals surface area contributed by atoms with Crippen LogP contribution in [-0.2, 0) is 99.0 Å². The number of aliphatic hydroxyl groups is 12. The number of nitrogens with two attached hydrogens (primary N) is 1. The standard InChI is InChI=1S/C49H67Cl2N3O17S2.C43H57N9O21/c1-26(2)20-37-46(64)69-35(14-11-15-38(57)53-32(22-29-16-17-36(67-7)31(50)21-29)44(61)52-25-49(5,6)47(65)70-37)27(3)42(39(51)30-12-9-8-10-13-30)71-48(66)68-18-19-72-73-24-33(45(62)63)54-43(60)28(4)40(58)41(59)34(56)23-55;1-2-26(56)24(11-30(60)61)49-40(70)22(34(65)36(67)29(59)16-54)10-27(57)25(12-31(62)63)50-39(69)21(33(64)35(66)28(58)15-53)9-20(55)7-8-23(42(72)73)48-38(68)17-3-5-18(6-4-17)45-13-19-14-46-37-32(47-19)41(71)52-43(44)51-37/h8-13,15-17,21,26-28,32-35,37,39-42,55-56,58-59H,14,18-20,22-25H2,1-7H3,(H,52,61)(H,53,57)(H,54,60)(H,62,63);3-6,14,21-25,28-29,33-36,45,53-54,58-59,64-67H,2,7-13,15-16H2,1H3,(H,48,68)(H,49,70)(H,50,69)(H,60,61)(H,62,63)(H,72,73)(H3,44,46,51,52,71)/b15-11+;/t27-,28-,32+,33+,34+,35-,37-,39-,40+,41+,42+;21-,22-,23-,24-,25-,28+,29+,33+,34+,35+,36+/m00/s1. The lowest BCUT2D eigenvalue weighted by Crippen LogP contribution is -2.54. The molecule has 0 aliphatic carbocycles. The van der Waals surface area contributed by atoms with Gasteiger partial charge in [-0.25, -0.2) is 29.1 Å². The molecule has 6 rings (SSSR count). The number of aromatic nitrogens is 4. The summed E-state index contributed by atoms with van der Waals surface area (Å²) in [7, 11) is 3.57. The molecule has 0 saturated heterocycles. The maximum Gasteiger partial charge on any atom is 0.508 e. The second-order valence-corrected chi connectivity index (χ2v) is 38.4. The summed E-state index contributed by atoms with van der Waals surface area (Å²) in [6.07, 6.45) is -27.3. The van der Waals surface area contributed by atoms with Crippen LogP contribution >= 0.6 is 44.8 Å². The molecule has 54 heteroatoms. The van der Waals surface area contributed by atoms with Crippen LogP contribution in [0, 0.1) is 35.0 Å². The maximum atomic E-state index is 14.1. The number of H-pyrrole nitrogens is 1. The van der Waals surface area contributed by atoms with Crippen molar-refractivity contribution in [3.05, 3.63) is 129 Å². The summed E-state index contributed by atoms with van der Waals surface area (Å²) < 4.78 is 28.4. The summed E-state index contributed by atoms with van der Waals surface area (Å²) in [5.41, 5.74) is 5.38. The summed E-state index contributed by atoms with van der Waals surface area (Å²) in [6.45, 7) is 7.12. The lowest BCUT2D eigenvalue weighted by Gasteiger charge is -2.34. The Morgan fingerprint density at radius 3 is 1.78 bits per heavy atom. The molecule has 1 aliphatic rings. The Bertz CT molecular complexity index is 5370. The van der Waals surface area contributed by atoms with Gasteiger partial charge in [0.25, 0.3) is 11.5 Å². The number of halogens is 2. The number of nitrogens with zero attached hydrogens (tertiary/aromatic N) is 3. The molecule has 0 fully saturated rings. The molecule has 0 bridgehead atoms. The van der Waals surface area contributed by atoms with E-state index in [1.54, 1.807) is 55.5 Å². The number of ether oxygens (including phenoxy) is 5. The molecule has 0 spiro atoms. The summed E-state index contributed by atoms with van der Waals surface area (Å²) in [4.78, 5) is 235. The normalized spacial score (nSPS) is 18.7. The van der Waals surface area contributed by atoms with E-state index in [9.17, 15) is 158 Å². The molecule has 3 heterocycles. The fourth-order valence-corrected chi connectivity index (χ4v) is 16.7. The first-order valence-corrected chi connectivity index (χ1v) is 48.8. The Hall–Kier alpha value is -12.3. The monoisotopic (exact) mass is 2140 g/mol. The Labute approximate surface area is 852 Å². The van der Waals surface area contributed by atoms with E-state index >= 15 is 0 Å². The van der Waals surface area contributed by atoms with Crippen molar-refractivity contribution >= 4 is 162 Å². The molecular weight excluding hydrogens is 2020 g/mol. The van der Waals surface area contributed by atoms with E-state index in [0.717, 1.165) is 21.6 Å². The van der Waals surface area contributed by atoms with Gasteiger partial charge >= 0.3 is 42.0 Å². The molecule has 2 aromatic heterocycles. The quantitative estimate of drug-likeness (QED) is 0.00672. The highest BCUT2D eigenvalue weighted by molar-refractivity contribution is 8.76. The lowest BCUT2D eigenvalue weighted by atomic mass is 9.86. The van der Waals surface area contributed by atoms with Gasteiger partial charge in [0.05, 0.1) is 122 Å². The number of rotatable bonds is 55. The number of ketones is 3. The Morgan fingerprint density at radius 1 is 0.664 bits per heavy atom. The van der Waals surface area contributed by atoms with Gasteiger partial charge in [-0.05, 0) is 86.2 Å². The highest BCUT2D eigenvalue weighted by Gasteiger charge is 2.46. The molecule has 0 unspecified atom stereocenters. The number of hydrogen-bond donors (Lipinski definition) is 25. The number of esters is 2. The van der Waals surface area contributed by atoms with Crippen LogP contribution in [0.4, 0.5) is 16.4 Å². The van der Waals surface area contributed by atoms with Gasteiger partial charge in [-0.1, -0.05) is 110 Å². The van der Waals surface area contributed by atoms with Crippen molar-refractivity contribution in [3.8, 4) is 5.75 Å². The number of fused-ring (bicyclic) bond motifs is 1. The van der Waals surface area contributed by atoms with Crippen molar-refractivity contribution in [1.29, 1.82) is 0 Å². The number of aliphatic hydroxyl groups excluding tert-OH is 12. The fraction of sp³-hybridized carbons (Fsp3) is 0.543. The highest BCUT2D eigenvalue weighted by atomic mass is 35.5. The zero-order valence-electron chi connectivity index (χ0n) is 80.3. The van der Waals surface area contributed by atoms with E-state index in [0.29, 0.717) is 28.3 Å². The van der Waals surface area contributed by atoms with Crippen molar-refractivity contribution in [2.75, 3.05) is 62.6 Å². The van der Waals surface area contributed by atoms with Crippen molar-refractivity contribution in [1.82, 2.24) is 51.8 Å². The number of aliphatic carboxylic acids is 4. The van der Waals surface area contributed by atoms with Crippen LogP contribution in [-0.4, -0.2) is 351 Å². The minimum Gasteiger partial charge on any atom is -0.495 e. The van der Waals surface area contributed by atoms with Crippen LogP contribution in [0.2, 0.25) is 5.02 Å². The number of amides is 6. The number of benzene rings is 3. The molecule has 3 aromatic carbocycles. The molecule has 22 atom stereocenters. The number of alkyl halides is 1. The van der Waals surface area contributed by atoms with Crippen LogP contribution in [0.5, 0.6) is 5.75 Å². The van der Waals surface area contributed by atoms with Gasteiger partial charge in [0, 0.05) is 73.7 Å². The number of cyclic esters (lactones) is 2. The number of anilines is 2. The minimum absolute atomic E-state index is 0.00200. The average Bonchev–Trinajstić information content (AvgIpc) is 0.816. The van der Waals surface area contributed by atoms with E-state index in [-0.39, 0.29) is 90.5 Å². The number of nitrogens with one attached hydrogen (secondary N) is 8. The number of Topliss-reactive ketones (excluding diaryl/α,β-unsaturated/α-hetero) is 3. The van der Waals surface area contributed by atoms with E-state index in [4.69, 9.17) is 57.7 Å². The van der Waals surface area contributed by atoms with Crippen LogP contribution in [0.1, 0.15) is 139 Å². The van der Waals surface area contributed by atoms with Gasteiger partial charge in [0.15, 0.2) is 28.8 Å². The summed E-state index contributed by atoms with van der Waals surface area (Å²) >= 11 is 13.4. The van der Waals surface area contributed by atoms with Crippen molar-refractivity contribution in [2.45, 2.75) is 228 Å². The highest BCUT2D eigenvalue weighted by Crippen LogP contribution is 2.36. The van der Waals surface area contributed by atoms with Crippen molar-refractivity contribution in [3.63, 3.8) is 0 Å². The van der Waals surface area contributed by atoms with Crippen molar-refractivity contribution in [2.24, 2.45) is 35.0 Å². The minimum atomic E-state index is -2.50. The topological polar surface area (TPSA) is 825 Å². The van der Waals surface area contributed by atoms with E-state index in [1.807, 2.05) is 24.5 Å². The van der Waals surface area contributed by atoms with Crippen LogP contribution in [0.15, 0.2) is 95.9 Å². The van der Waals surface area contributed by atoms with Gasteiger partial charge in [-0.2, -0.15) is 4.98 Å². The van der Waals surface area contributed by atoms with Crippen LogP contribution in [0.25, 0.3) is 11.2 Å². The number of carbonyl (C=O) groups is 16. The maximum absolute atomic E-state index is 14.1. The molecule has 0 radical (unpaired) electrons. The zero-order valence-corrected chi connectivity index (χ0v) is 83.4. The molecule has 26 N–H and O–H groups in total. The number of aromatic amines is 1. The SMILES string of the molecule is CCC(=O)[C@H](CC(=O)O)NC(=O)[C@@H](CC(=O)[C@H](CC(=O)O)NC(=O)[C@@H](CC(=O)CC[C@H](NC(=O)c1ccc(NCc2cnc3nc(N)[nH]c(=O)c3n2)cc1)C(=O)O)[C@@H](O)[C@H](O)[C@H](O)CO)[C@@H](O)[C@H](O)[C@H](O)CO.COc1ccc(C[C@H]2NC(=O)/C=C/C[C@@H]([C@H](C)[C@@H](OC(=O)OCCSSC[C@@H](NC(=O)[C@@H](C)[C@@H](O)[C@H](O)[C@H](O)CO)C(=O)O)[C@@H](Cl)c3ccccc3)OC(=O)[C@H](CC(C)C)OC(=O)C(C)(C)CNC2=O)cc1Cl. The van der Waals surface area contributed by atoms with Gasteiger partial charge in [0.1, 0.15) is 85.1 Å². The van der Waals surface area contributed by atoms with E-state index in [2.05, 4.69) is 46.5 Å². The molecule has 1 aliphatic heterocycles. The summed E-state index contributed by atoms with van der Waals surface area (Å²) in [6, 6.07) is 10.7. The second kappa shape index (κ2) is 60.7. The first kappa shape index (κ1) is 124. The molecule has 806 valence electrons. The fourth-order valence-electron chi connectivity index (χ4n) is 14.1. The number of methoxy groups -OCH3 is 1. The third kappa shape index (κ3) is 39.5. The number of carboxylic acids is 4. The summed E-state index contributed by atoms with van der Waals surface area (Å²) in [5, 5.41) is 175. The predicted molar refractivity (Wildman–Crippen MR) is 517 cm³/mol. The number of carbonyl (C=O) groups excluding carboxylic acids is 12. The molecule has 0 saturated carbocycles. The average molecular weight is 2140 g/mol. The van der Waals surface area contributed by atoms with Gasteiger partial charge < -0.3 is 148 Å². The first-order chi connectivity index (χ1) is 68.7.